The average molecular weight is 313 g/mol. The van der Waals surface area contributed by atoms with Crippen molar-refractivity contribution >= 4 is 21.7 Å². The molecule has 1 aromatic rings. The van der Waals surface area contributed by atoms with Crippen LogP contribution in [-0.4, -0.2) is 17.6 Å². The van der Waals surface area contributed by atoms with E-state index < -0.39 is 0 Å². The minimum Gasteiger partial charge on any atom is -0.352 e. The molecule has 0 radical (unpaired) electrons. The fourth-order valence-electron chi connectivity index (χ4n) is 2.26. The molecule has 0 unspecified atom stereocenters. The average Bonchev–Trinajstić information content (AvgIpc) is 2.32. The number of halogens is 1. The van der Waals surface area contributed by atoms with Gasteiger partial charge >= 0.3 is 0 Å². The minimum absolute atomic E-state index is 0.568. The second kappa shape index (κ2) is 7.13. The van der Waals surface area contributed by atoms with Crippen molar-refractivity contribution in [3.05, 3.63) is 22.3 Å². The number of aromatic nitrogens is 1. The van der Waals surface area contributed by atoms with Crippen LogP contribution in [0.2, 0.25) is 0 Å². The summed E-state index contributed by atoms with van der Waals surface area (Å²) in [5.74, 6) is 1.73. The molecule has 0 bridgehead atoms. The van der Waals surface area contributed by atoms with E-state index in [2.05, 4.69) is 60.4 Å². The van der Waals surface area contributed by atoms with Gasteiger partial charge in [-0.05, 0) is 53.2 Å². The van der Waals surface area contributed by atoms with Crippen LogP contribution in [0.3, 0.4) is 0 Å². The highest BCUT2D eigenvalue weighted by atomic mass is 79.9. The zero-order chi connectivity index (χ0) is 13.7. The molecule has 0 amide bonds. The van der Waals surface area contributed by atoms with Crippen molar-refractivity contribution in [2.24, 2.45) is 5.92 Å². The van der Waals surface area contributed by atoms with Crippen molar-refractivity contribution in [3.63, 3.8) is 0 Å². The fourth-order valence-corrected chi connectivity index (χ4v) is 2.72. The Hall–Kier alpha value is -0.570. The first-order valence-electron chi connectivity index (χ1n) is 6.88. The highest BCUT2D eigenvalue weighted by Gasteiger charge is 2.20. The number of nitrogens with zero attached hydrogens (tertiary/aromatic N) is 2. The molecule has 1 heterocycles. The number of anilines is 1. The minimum atomic E-state index is 0.568. The molecule has 18 heavy (non-hydrogen) atoms. The van der Waals surface area contributed by atoms with Crippen molar-refractivity contribution in [1.82, 2.24) is 4.98 Å². The van der Waals surface area contributed by atoms with Gasteiger partial charge in [0.25, 0.3) is 0 Å². The first-order valence-corrected chi connectivity index (χ1v) is 7.68. The van der Waals surface area contributed by atoms with Gasteiger partial charge in [0.2, 0.25) is 0 Å². The normalized spacial score (nSPS) is 11.3. The Morgan fingerprint density at radius 1 is 1.28 bits per heavy atom. The van der Waals surface area contributed by atoms with Crippen molar-refractivity contribution < 1.29 is 0 Å². The molecule has 0 saturated carbocycles. The monoisotopic (exact) mass is 312 g/mol. The summed E-state index contributed by atoms with van der Waals surface area (Å²) >= 11 is 3.69. The Kier molecular flexibility index (Phi) is 6.13. The van der Waals surface area contributed by atoms with Crippen LogP contribution in [0.4, 0.5) is 5.82 Å². The molecule has 1 rings (SSSR count). The third-order valence-corrected chi connectivity index (χ3v) is 4.26. The van der Waals surface area contributed by atoms with Gasteiger partial charge in [-0.3, -0.25) is 0 Å². The molecular weight excluding hydrogens is 288 g/mol. The maximum Gasteiger partial charge on any atom is 0.143 e. The van der Waals surface area contributed by atoms with Gasteiger partial charge in [-0.1, -0.05) is 27.7 Å². The van der Waals surface area contributed by atoms with Gasteiger partial charge in [-0.15, -0.1) is 0 Å². The largest absolute Gasteiger partial charge is 0.352 e. The van der Waals surface area contributed by atoms with Crippen molar-refractivity contribution in [2.75, 3.05) is 11.4 Å². The van der Waals surface area contributed by atoms with E-state index in [9.17, 15) is 0 Å². The molecule has 3 heteroatoms. The van der Waals surface area contributed by atoms with E-state index in [1.807, 2.05) is 12.3 Å². The quantitative estimate of drug-likeness (QED) is 0.749. The van der Waals surface area contributed by atoms with Crippen LogP contribution in [0.1, 0.15) is 46.1 Å². The van der Waals surface area contributed by atoms with E-state index in [4.69, 9.17) is 0 Å². The van der Waals surface area contributed by atoms with Gasteiger partial charge < -0.3 is 4.90 Å². The SMILES string of the molecule is CCC(CC)N(CC(C)C)c1nccc(C)c1Br. The lowest BCUT2D eigenvalue weighted by atomic mass is 10.1. The van der Waals surface area contributed by atoms with Crippen LogP contribution in [0.25, 0.3) is 0 Å². The number of pyridine rings is 1. The Bertz CT molecular complexity index is 373. The summed E-state index contributed by atoms with van der Waals surface area (Å²) in [7, 11) is 0. The highest BCUT2D eigenvalue weighted by Crippen LogP contribution is 2.30. The van der Waals surface area contributed by atoms with Crippen LogP contribution < -0.4 is 4.90 Å². The molecule has 102 valence electrons. The first kappa shape index (κ1) is 15.5. The van der Waals surface area contributed by atoms with E-state index in [-0.39, 0.29) is 0 Å². The molecule has 0 aromatic carbocycles. The van der Waals surface area contributed by atoms with E-state index in [0.29, 0.717) is 12.0 Å². The summed E-state index contributed by atoms with van der Waals surface area (Å²) in [6.45, 7) is 12.2. The Morgan fingerprint density at radius 3 is 2.39 bits per heavy atom. The smallest absolute Gasteiger partial charge is 0.143 e. The van der Waals surface area contributed by atoms with Crippen molar-refractivity contribution in [3.8, 4) is 0 Å². The predicted octanol–water partition coefficient (Wildman–Crippen LogP) is 4.80. The van der Waals surface area contributed by atoms with E-state index in [1.54, 1.807) is 0 Å². The lowest BCUT2D eigenvalue weighted by Gasteiger charge is -2.34. The van der Waals surface area contributed by atoms with Crippen molar-refractivity contribution in [2.45, 2.75) is 53.5 Å². The standard InChI is InChI=1S/C15H25BrN2/c1-6-13(7-2)18(10-11(3)4)15-14(16)12(5)8-9-17-15/h8-9,11,13H,6-7,10H2,1-5H3. The molecule has 0 N–H and O–H groups in total. The van der Waals surface area contributed by atoms with Crippen LogP contribution >= 0.6 is 15.9 Å². The van der Waals surface area contributed by atoms with Crippen LogP contribution in [0.15, 0.2) is 16.7 Å². The van der Waals surface area contributed by atoms with Gasteiger partial charge in [0.15, 0.2) is 0 Å². The summed E-state index contributed by atoms with van der Waals surface area (Å²) in [5.41, 5.74) is 1.25. The molecule has 0 aliphatic heterocycles. The van der Waals surface area contributed by atoms with Gasteiger partial charge in [0.1, 0.15) is 5.82 Å². The summed E-state index contributed by atoms with van der Waals surface area (Å²) < 4.78 is 1.14. The predicted molar refractivity (Wildman–Crippen MR) is 83.2 cm³/mol. The second-order valence-corrected chi connectivity index (χ2v) is 6.07. The van der Waals surface area contributed by atoms with Crippen LogP contribution in [0, 0.1) is 12.8 Å². The van der Waals surface area contributed by atoms with E-state index in [0.717, 1.165) is 29.7 Å². The topological polar surface area (TPSA) is 16.1 Å². The number of rotatable bonds is 6. The summed E-state index contributed by atoms with van der Waals surface area (Å²) in [6, 6.07) is 2.62. The van der Waals surface area contributed by atoms with Crippen LogP contribution in [0.5, 0.6) is 0 Å². The van der Waals surface area contributed by atoms with Crippen molar-refractivity contribution in [1.29, 1.82) is 0 Å². The molecule has 0 saturated heterocycles. The lowest BCUT2D eigenvalue weighted by Crippen LogP contribution is -2.38. The maximum absolute atomic E-state index is 4.59. The molecule has 0 aliphatic rings. The van der Waals surface area contributed by atoms with E-state index >= 15 is 0 Å². The maximum atomic E-state index is 4.59. The van der Waals surface area contributed by atoms with Gasteiger partial charge in [0, 0.05) is 18.8 Å². The fraction of sp³-hybridized carbons (Fsp3) is 0.667. The zero-order valence-corrected chi connectivity index (χ0v) is 13.8. The number of hydrogen-bond acceptors (Lipinski definition) is 2. The lowest BCUT2D eigenvalue weighted by molar-refractivity contribution is 0.502. The first-order chi connectivity index (χ1) is 8.51. The summed E-state index contributed by atoms with van der Waals surface area (Å²) in [5, 5.41) is 0. The molecule has 1 aromatic heterocycles. The zero-order valence-electron chi connectivity index (χ0n) is 12.2. The second-order valence-electron chi connectivity index (χ2n) is 5.28. The van der Waals surface area contributed by atoms with Gasteiger partial charge in [-0.2, -0.15) is 0 Å². The highest BCUT2D eigenvalue weighted by molar-refractivity contribution is 9.10. The number of hydrogen-bond donors (Lipinski definition) is 0. The Labute approximate surface area is 120 Å². The molecule has 0 fully saturated rings. The molecule has 0 spiro atoms. The molecule has 2 nitrogen and oxygen atoms in total. The van der Waals surface area contributed by atoms with Gasteiger partial charge in [-0.25, -0.2) is 4.98 Å². The molecule has 0 aliphatic carbocycles. The Morgan fingerprint density at radius 2 is 1.89 bits per heavy atom. The molecular formula is C15H25BrN2. The van der Waals surface area contributed by atoms with Gasteiger partial charge in [0.05, 0.1) is 4.47 Å². The third-order valence-electron chi connectivity index (χ3n) is 3.28. The third kappa shape index (κ3) is 3.71. The van der Waals surface area contributed by atoms with Crippen LogP contribution in [-0.2, 0) is 0 Å². The summed E-state index contributed by atoms with van der Waals surface area (Å²) in [4.78, 5) is 7.05. The Balaban J connectivity index is 3.12. The number of aryl methyl sites for hydroxylation is 1. The summed E-state index contributed by atoms with van der Waals surface area (Å²) in [6.07, 6.45) is 4.22. The molecule has 0 atom stereocenters. The van der Waals surface area contributed by atoms with E-state index in [1.165, 1.54) is 5.56 Å².